The summed E-state index contributed by atoms with van der Waals surface area (Å²) in [5, 5.41) is 9.70. The van der Waals surface area contributed by atoms with Crippen molar-refractivity contribution in [2.45, 2.75) is 20.1 Å². The third-order valence-electron chi connectivity index (χ3n) is 2.33. The summed E-state index contributed by atoms with van der Waals surface area (Å²) in [4.78, 5) is 20.6. The Balaban J connectivity index is 0.000000595. The number of carbonyl (C=O) groups is 2. The summed E-state index contributed by atoms with van der Waals surface area (Å²) in [7, 11) is 0. The molecule has 0 radical (unpaired) electrons. The molecule has 0 saturated heterocycles. The van der Waals surface area contributed by atoms with Crippen LogP contribution < -0.4 is 0 Å². The Hall–Kier alpha value is -1.18. The van der Waals surface area contributed by atoms with Gasteiger partial charge in [-0.05, 0) is 6.92 Å². The van der Waals surface area contributed by atoms with Crippen molar-refractivity contribution in [1.29, 1.82) is 0 Å². The van der Waals surface area contributed by atoms with Crippen LogP contribution in [0, 0.1) is 5.41 Å². The quantitative estimate of drug-likeness (QED) is 0.324. The van der Waals surface area contributed by atoms with Gasteiger partial charge in [0.25, 0.3) is 0 Å². The van der Waals surface area contributed by atoms with Crippen LogP contribution in [-0.4, -0.2) is 41.9 Å². The van der Waals surface area contributed by atoms with E-state index in [9.17, 15) is 14.7 Å². The summed E-state index contributed by atoms with van der Waals surface area (Å²) in [6, 6.07) is 0. The van der Waals surface area contributed by atoms with Gasteiger partial charge in [0.15, 0.2) is 0 Å². The van der Waals surface area contributed by atoms with Crippen molar-refractivity contribution in [2.24, 2.45) is 5.41 Å². The molecule has 0 aromatic heterocycles. The van der Waals surface area contributed by atoms with Crippen LogP contribution in [0.1, 0.15) is 13.8 Å². The first-order valence-corrected chi connectivity index (χ1v) is 7.04. The Morgan fingerprint density at radius 3 is 2.50 bits per heavy atom. The van der Waals surface area contributed by atoms with Crippen molar-refractivity contribution in [3.8, 4) is 0 Å². The molecule has 6 nitrogen and oxygen atoms in total. The second kappa shape index (κ2) is 9.68. The molecule has 0 spiro atoms. The van der Waals surface area contributed by atoms with Crippen molar-refractivity contribution in [2.75, 3.05) is 18.5 Å². The van der Waals surface area contributed by atoms with E-state index < -0.39 is 17.7 Å². The molecule has 1 N–H and O–H groups in total. The van der Waals surface area contributed by atoms with E-state index in [4.69, 9.17) is 9.47 Å². The average molecular weight is 351 g/mol. The number of ether oxygens (including phenoxy) is 3. The van der Waals surface area contributed by atoms with Crippen LogP contribution in [0.15, 0.2) is 25.0 Å². The Bertz CT molecular complexity index is 362. The zero-order valence-corrected chi connectivity index (χ0v) is 13.1. The van der Waals surface area contributed by atoms with Gasteiger partial charge >= 0.3 is 11.9 Å². The normalized spacial score (nSPS) is 16.7. The summed E-state index contributed by atoms with van der Waals surface area (Å²) in [6.45, 7) is 7.11. The first kappa shape index (κ1) is 18.8. The molecule has 7 heteroatoms. The minimum atomic E-state index is -0.780. The zero-order valence-electron chi connectivity index (χ0n) is 11.5. The summed E-state index contributed by atoms with van der Waals surface area (Å²) in [6.07, 6.45) is 3.00. The monoisotopic (exact) mass is 350 g/mol. The number of aliphatic hydroxyl groups is 1. The van der Waals surface area contributed by atoms with E-state index in [0.717, 1.165) is 6.08 Å². The Labute approximate surface area is 126 Å². The first-order chi connectivity index (χ1) is 9.43. The Morgan fingerprint density at radius 1 is 1.70 bits per heavy atom. The molecule has 20 heavy (non-hydrogen) atoms. The van der Waals surface area contributed by atoms with Crippen molar-refractivity contribution in [3.63, 3.8) is 0 Å². The molecule has 0 bridgehead atoms. The number of rotatable bonds is 7. The van der Waals surface area contributed by atoms with E-state index in [0.29, 0.717) is 11.9 Å². The average Bonchev–Trinajstić information content (AvgIpc) is 2.44. The number of aliphatic hydroxyl groups excluding tert-OH is 1. The fourth-order valence-corrected chi connectivity index (χ4v) is 1.43. The summed E-state index contributed by atoms with van der Waals surface area (Å²) >= 11 is 3.26. The molecule has 2 unspecified atom stereocenters. The number of esters is 2. The van der Waals surface area contributed by atoms with Crippen molar-refractivity contribution in [3.05, 3.63) is 25.0 Å². The molecule has 114 valence electrons. The lowest BCUT2D eigenvalue weighted by Gasteiger charge is -2.32. The topological polar surface area (TPSA) is 82.1 Å². The van der Waals surface area contributed by atoms with Gasteiger partial charge in [0.05, 0.1) is 18.1 Å². The van der Waals surface area contributed by atoms with Crippen molar-refractivity contribution in [1.82, 2.24) is 0 Å². The molecule has 0 aliphatic carbocycles. The fraction of sp³-hybridized carbons (Fsp3) is 0.538. The first-order valence-electron chi connectivity index (χ1n) is 5.92. The highest BCUT2D eigenvalue weighted by molar-refractivity contribution is 9.09. The number of halogens is 1. The maximum atomic E-state index is 11.1. The molecule has 0 amide bonds. The summed E-state index contributed by atoms with van der Waals surface area (Å²) in [5.41, 5.74) is -0.658. The van der Waals surface area contributed by atoms with Crippen LogP contribution in [0.2, 0.25) is 0 Å². The number of alkyl halides is 1. The van der Waals surface area contributed by atoms with E-state index in [1.807, 2.05) is 0 Å². The highest BCUT2D eigenvalue weighted by Crippen LogP contribution is 2.27. The molecule has 1 rings (SSSR count). The molecule has 2 atom stereocenters. The minimum absolute atomic E-state index is 0.145. The van der Waals surface area contributed by atoms with Crippen LogP contribution >= 0.6 is 15.9 Å². The lowest BCUT2D eigenvalue weighted by atomic mass is 9.94. The number of hydrogen-bond acceptors (Lipinski definition) is 6. The predicted molar refractivity (Wildman–Crippen MR) is 75.9 cm³/mol. The molecule has 1 aliphatic rings. The second-order valence-electron chi connectivity index (χ2n) is 4.11. The number of hydrogen-bond donors (Lipinski definition) is 1. The number of cyclic esters (lactones) is 1. The highest BCUT2D eigenvalue weighted by atomic mass is 79.9. The molecular formula is C13H19BrO6. The largest absolute Gasteiger partial charge is 0.432 e. The van der Waals surface area contributed by atoms with Crippen LogP contribution in [0.5, 0.6) is 0 Å². The zero-order chi connectivity index (χ0) is 15.6. The van der Waals surface area contributed by atoms with Gasteiger partial charge in [-0.2, -0.15) is 0 Å². The van der Waals surface area contributed by atoms with Gasteiger partial charge in [0.1, 0.15) is 6.26 Å². The van der Waals surface area contributed by atoms with Gasteiger partial charge in [0, 0.05) is 18.0 Å². The van der Waals surface area contributed by atoms with Gasteiger partial charge in [-0.25, -0.2) is 9.59 Å². The molecular weight excluding hydrogens is 332 g/mol. The summed E-state index contributed by atoms with van der Waals surface area (Å²) in [5.74, 6) is -0.806. The Morgan fingerprint density at radius 2 is 2.25 bits per heavy atom. The van der Waals surface area contributed by atoms with E-state index >= 15 is 0 Å². The Kier molecular flexibility index (Phi) is 9.11. The SMILES string of the molecule is C=CC(=O)OC(OCC)C(C)(CO)CBr.O=C1C=CO1. The van der Waals surface area contributed by atoms with Crippen LogP contribution in [0.3, 0.4) is 0 Å². The van der Waals surface area contributed by atoms with E-state index in [1.54, 1.807) is 13.8 Å². The predicted octanol–water partition coefficient (Wildman–Crippen LogP) is 1.53. The molecule has 0 aromatic carbocycles. The van der Waals surface area contributed by atoms with Crippen LogP contribution in [0.25, 0.3) is 0 Å². The fourth-order valence-electron chi connectivity index (χ4n) is 0.986. The third-order valence-corrected chi connectivity index (χ3v) is 3.61. The van der Waals surface area contributed by atoms with Crippen LogP contribution in [0.4, 0.5) is 0 Å². The van der Waals surface area contributed by atoms with Gasteiger partial charge in [-0.15, -0.1) is 0 Å². The van der Waals surface area contributed by atoms with Crippen molar-refractivity contribution < 1.29 is 28.9 Å². The van der Waals surface area contributed by atoms with Gasteiger partial charge in [-0.1, -0.05) is 29.4 Å². The smallest absolute Gasteiger partial charge is 0.338 e. The van der Waals surface area contributed by atoms with E-state index in [1.165, 1.54) is 12.3 Å². The highest BCUT2D eigenvalue weighted by Gasteiger charge is 2.36. The van der Waals surface area contributed by atoms with E-state index in [-0.39, 0.29) is 12.6 Å². The molecule has 0 fully saturated rings. The lowest BCUT2D eigenvalue weighted by molar-refractivity contribution is -0.204. The maximum absolute atomic E-state index is 11.1. The third kappa shape index (κ3) is 6.31. The summed E-state index contributed by atoms with van der Waals surface area (Å²) < 4.78 is 14.4. The van der Waals surface area contributed by atoms with Gasteiger partial charge in [0.2, 0.25) is 6.29 Å². The minimum Gasteiger partial charge on any atom is -0.432 e. The maximum Gasteiger partial charge on any atom is 0.338 e. The molecule has 1 heterocycles. The van der Waals surface area contributed by atoms with Gasteiger partial charge in [-0.3, -0.25) is 0 Å². The van der Waals surface area contributed by atoms with E-state index in [2.05, 4.69) is 27.2 Å². The lowest BCUT2D eigenvalue weighted by Crippen LogP contribution is -2.42. The van der Waals surface area contributed by atoms with Crippen LogP contribution in [-0.2, 0) is 23.8 Å². The van der Waals surface area contributed by atoms with Crippen molar-refractivity contribution >= 4 is 27.9 Å². The standard InChI is InChI=1S/C10H17BrO4.C3H2O2/c1-4-8(13)15-9(14-5-2)10(3,6-11)7-12;4-3-1-2-5-3/h4,9,12H,1,5-7H2,2-3H3;1-2H. The number of carbonyl (C=O) groups excluding carboxylic acids is 2. The van der Waals surface area contributed by atoms with Gasteiger partial charge < -0.3 is 19.3 Å². The molecule has 1 aliphatic heterocycles. The second-order valence-corrected chi connectivity index (χ2v) is 4.67. The molecule has 0 aromatic rings. The molecule has 0 saturated carbocycles.